The van der Waals surface area contributed by atoms with E-state index in [-0.39, 0.29) is 6.09 Å². The molecule has 36 heavy (non-hydrogen) atoms. The zero-order valence-corrected chi connectivity index (χ0v) is 19.0. The van der Waals surface area contributed by atoms with E-state index in [9.17, 15) is 31.1 Å². The first-order valence-corrected chi connectivity index (χ1v) is 10.7. The molecule has 2 saturated heterocycles. The van der Waals surface area contributed by atoms with Crippen LogP contribution in [0.3, 0.4) is 0 Å². The van der Waals surface area contributed by atoms with Crippen LogP contribution in [-0.4, -0.2) is 95.7 Å². The molecule has 0 unspecified atom stereocenters. The molecular weight excluding hydrogens is 504 g/mol. The molecule has 0 radical (unpaired) electrons. The van der Waals surface area contributed by atoms with Crippen LogP contribution in [0, 0.1) is 0 Å². The lowest BCUT2D eigenvalue weighted by Gasteiger charge is -2.40. The van der Waals surface area contributed by atoms with Gasteiger partial charge in [0.05, 0.1) is 0 Å². The predicted molar refractivity (Wildman–Crippen MR) is 113 cm³/mol. The van der Waals surface area contributed by atoms with Crippen molar-refractivity contribution in [3.8, 4) is 0 Å². The number of halogens is 6. The summed E-state index contributed by atoms with van der Waals surface area (Å²) in [6.45, 7) is 6.06. The highest BCUT2D eigenvalue weighted by Crippen LogP contribution is 2.16. The molecule has 15 heteroatoms. The van der Waals surface area contributed by atoms with Gasteiger partial charge in [0.2, 0.25) is 0 Å². The zero-order valence-electron chi connectivity index (χ0n) is 19.0. The summed E-state index contributed by atoms with van der Waals surface area (Å²) in [4.78, 5) is 34.3. The van der Waals surface area contributed by atoms with Crippen LogP contribution in [0.2, 0.25) is 0 Å². The highest BCUT2D eigenvalue weighted by atomic mass is 19.4. The Morgan fingerprint density at radius 2 is 1.31 bits per heavy atom. The number of carbonyl (C=O) groups is 3. The van der Waals surface area contributed by atoms with Crippen molar-refractivity contribution in [2.75, 3.05) is 39.3 Å². The summed E-state index contributed by atoms with van der Waals surface area (Å²) >= 11 is 0. The van der Waals surface area contributed by atoms with E-state index in [2.05, 4.69) is 10.2 Å². The molecule has 1 amide bonds. The molecule has 2 aliphatic rings. The summed E-state index contributed by atoms with van der Waals surface area (Å²) in [6, 6.07) is 10.5. The van der Waals surface area contributed by atoms with Crippen LogP contribution in [0.1, 0.15) is 18.4 Å². The SMILES string of the molecule is O=C(O)C(F)(F)F.O=C(O)C(F)(F)F.O=C(OCc1ccccc1)N1CCN(C2CCNCC2)CC1. The van der Waals surface area contributed by atoms with Crippen molar-refractivity contribution in [2.24, 2.45) is 0 Å². The van der Waals surface area contributed by atoms with Crippen LogP contribution in [0.4, 0.5) is 31.1 Å². The van der Waals surface area contributed by atoms with Gasteiger partial charge in [0.25, 0.3) is 0 Å². The van der Waals surface area contributed by atoms with Gasteiger partial charge in [-0.15, -0.1) is 0 Å². The number of rotatable bonds is 3. The van der Waals surface area contributed by atoms with E-state index >= 15 is 0 Å². The van der Waals surface area contributed by atoms with Gasteiger partial charge in [-0.2, -0.15) is 26.3 Å². The number of amides is 1. The Kier molecular flexibility index (Phi) is 12.5. The minimum Gasteiger partial charge on any atom is -0.475 e. The summed E-state index contributed by atoms with van der Waals surface area (Å²) in [7, 11) is 0. The number of carbonyl (C=O) groups excluding carboxylic acids is 1. The van der Waals surface area contributed by atoms with Crippen molar-refractivity contribution in [1.29, 1.82) is 0 Å². The number of nitrogens with one attached hydrogen (secondary N) is 1. The quantitative estimate of drug-likeness (QED) is 0.510. The van der Waals surface area contributed by atoms with Crippen LogP contribution < -0.4 is 5.32 Å². The normalized spacial score (nSPS) is 17.1. The molecular formula is C21H27F6N3O6. The van der Waals surface area contributed by atoms with Gasteiger partial charge < -0.3 is 25.2 Å². The molecule has 0 bridgehead atoms. The van der Waals surface area contributed by atoms with Crippen LogP contribution >= 0.6 is 0 Å². The van der Waals surface area contributed by atoms with Crippen molar-refractivity contribution in [3.05, 3.63) is 35.9 Å². The number of piperidine rings is 1. The fraction of sp³-hybridized carbons (Fsp3) is 0.571. The maximum absolute atomic E-state index is 12.1. The molecule has 0 saturated carbocycles. The van der Waals surface area contributed by atoms with Crippen molar-refractivity contribution in [2.45, 2.75) is 37.8 Å². The molecule has 9 nitrogen and oxygen atoms in total. The fourth-order valence-electron chi connectivity index (χ4n) is 3.25. The summed E-state index contributed by atoms with van der Waals surface area (Å²) < 4.78 is 68.9. The number of aliphatic carboxylic acids is 2. The molecule has 1 aromatic carbocycles. The second-order valence-corrected chi connectivity index (χ2v) is 7.65. The second kappa shape index (κ2) is 14.5. The van der Waals surface area contributed by atoms with Gasteiger partial charge in [0.15, 0.2) is 0 Å². The molecule has 2 aliphatic heterocycles. The van der Waals surface area contributed by atoms with Crippen LogP contribution in [0.15, 0.2) is 30.3 Å². The maximum atomic E-state index is 12.1. The molecule has 204 valence electrons. The lowest BCUT2D eigenvalue weighted by molar-refractivity contribution is -0.193. The number of ether oxygens (including phenoxy) is 1. The number of alkyl halides is 6. The van der Waals surface area contributed by atoms with E-state index < -0.39 is 24.3 Å². The van der Waals surface area contributed by atoms with Crippen molar-refractivity contribution in [1.82, 2.24) is 15.1 Å². The average Bonchev–Trinajstić information content (AvgIpc) is 2.83. The predicted octanol–water partition coefficient (Wildman–Crippen LogP) is 2.96. The first-order chi connectivity index (χ1) is 16.7. The first kappa shape index (κ1) is 31.0. The van der Waals surface area contributed by atoms with E-state index in [0.29, 0.717) is 12.6 Å². The lowest BCUT2D eigenvalue weighted by Crippen LogP contribution is -2.54. The standard InChI is InChI=1S/C17H25N3O2.2C2HF3O2/c21-17(22-14-15-4-2-1-3-5-15)20-12-10-19(11-13-20)16-6-8-18-9-7-16;2*3-2(4,5)1(6)7/h1-5,16,18H,6-14H2;2*(H,6,7). The zero-order chi connectivity index (χ0) is 27.4. The Balaban J connectivity index is 0.000000383. The number of carboxylic acids is 2. The molecule has 3 rings (SSSR count). The number of piperazine rings is 1. The molecule has 2 fully saturated rings. The minimum absolute atomic E-state index is 0.186. The first-order valence-electron chi connectivity index (χ1n) is 10.7. The van der Waals surface area contributed by atoms with Crippen molar-refractivity contribution < 1.29 is 55.7 Å². The lowest BCUT2D eigenvalue weighted by atomic mass is 10.0. The summed E-state index contributed by atoms with van der Waals surface area (Å²) in [5.74, 6) is -5.51. The minimum atomic E-state index is -5.08. The summed E-state index contributed by atoms with van der Waals surface area (Å²) in [6.07, 6.45) is -7.91. The Hall–Kier alpha value is -3.07. The highest BCUT2D eigenvalue weighted by molar-refractivity contribution is 5.73. The number of carboxylic acid groups (broad SMARTS) is 2. The van der Waals surface area contributed by atoms with Gasteiger partial charge in [0.1, 0.15) is 6.61 Å². The molecule has 3 N–H and O–H groups in total. The van der Waals surface area contributed by atoms with Crippen LogP contribution in [-0.2, 0) is 20.9 Å². The van der Waals surface area contributed by atoms with E-state index in [1.807, 2.05) is 35.2 Å². The van der Waals surface area contributed by atoms with Gasteiger partial charge >= 0.3 is 30.4 Å². The van der Waals surface area contributed by atoms with Gasteiger partial charge in [-0.25, -0.2) is 14.4 Å². The fourth-order valence-corrected chi connectivity index (χ4v) is 3.25. The Morgan fingerprint density at radius 1 is 0.861 bits per heavy atom. The van der Waals surface area contributed by atoms with Crippen molar-refractivity contribution in [3.63, 3.8) is 0 Å². The topological polar surface area (TPSA) is 119 Å². The number of hydrogen-bond acceptors (Lipinski definition) is 6. The highest BCUT2D eigenvalue weighted by Gasteiger charge is 2.38. The number of nitrogens with zero attached hydrogens (tertiary/aromatic N) is 2. The smallest absolute Gasteiger partial charge is 0.475 e. The van der Waals surface area contributed by atoms with E-state index in [1.54, 1.807) is 0 Å². The third-order valence-corrected chi connectivity index (χ3v) is 5.09. The van der Waals surface area contributed by atoms with Gasteiger partial charge in [-0.1, -0.05) is 30.3 Å². The largest absolute Gasteiger partial charge is 0.490 e. The Bertz CT molecular complexity index is 800. The second-order valence-electron chi connectivity index (χ2n) is 7.65. The molecule has 0 atom stereocenters. The Morgan fingerprint density at radius 3 is 1.72 bits per heavy atom. The molecule has 2 heterocycles. The van der Waals surface area contributed by atoms with Crippen LogP contribution in [0.5, 0.6) is 0 Å². The van der Waals surface area contributed by atoms with Gasteiger partial charge in [0, 0.05) is 32.2 Å². The van der Waals surface area contributed by atoms with E-state index in [1.165, 1.54) is 12.8 Å². The Labute approximate surface area is 202 Å². The monoisotopic (exact) mass is 531 g/mol. The molecule has 0 aromatic heterocycles. The average molecular weight is 531 g/mol. The van der Waals surface area contributed by atoms with Crippen LogP contribution in [0.25, 0.3) is 0 Å². The summed E-state index contributed by atoms with van der Waals surface area (Å²) in [5.41, 5.74) is 1.03. The summed E-state index contributed by atoms with van der Waals surface area (Å²) in [5, 5.41) is 17.7. The third-order valence-electron chi connectivity index (χ3n) is 5.09. The van der Waals surface area contributed by atoms with Crippen molar-refractivity contribution >= 4 is 18.0 Å². The van der Waals surface area contributed by atoms with Gasteiger partial charge in [-0.05, 0) is 31.5 Å². The molecule has 0 spiro atoms. The van der Waals surface area contributed by atoms with E-state index in [0.717, 1.165) is 44.8 Å². The molecule has 1 aromatic rings. The van der Waals surface area contributed by atoms with E-state index in [4.69, 9.17) is 24.5 Å². The molecule has 0 aliphatic carbocycles. The number of benzene rings is 1. The number of hydrogen-bond donors (Lipinski definition) is 3. The van der Waals surface area contributed by atoms with Gasteiger partial charge in [-0.3, -0.25) is 4.90 Å². The third kappa shape index (κ3) is 12.1. The maximum Gasteiger partial charge on any atom is 0.490 e.